The molecule has 0 spiro atoms. The maximum atomic E-state index is 12.3. The Morgan fingerprint density at radius 2 is 1.66 bits per heavy atom. The van der Waals surface area contributed by atoms with E-state index in [9.17, 15) is 9.59 Å². The zero-order chi connectivity index (χ0) is 20.4. The summed E-state index contributed by atoms with van der Waals surface area (Å²) in [5.74, 6) is -0.411. The highest BCUT2D eigenvalue weighted by molar-refractivity contribution is 9.10. The van der Waals surface area contributed by atoms with E-state index in [4.69, 9.17) is 9.15 Å². The van der Waals surface area contributed by atoms with Gasteiger partial charge in [-0.3, -0.25) is 4.79 Å². The maximum Gasteiger partial charge on any atom is 0.379 e. The fraction of sp³-hybridized carbons (Fsp3) is 0.0435. The van der Waals surface area contributed by atoms with E-state index in [0.717, 1.165) is 15.4 Å². The summed E-state index contributed by atoms with van der Waals surface area (Å²) < 4.78 is 11.8. The van der Waals surface area contributed by atoms with Crippen LogP contribution < -0.4 is 10.1 Å². The minimum absolute atomic E-state index is 0.110. The molecule has 0 saturated heterocycles. The van der Waals surface area contributed by atoms with Crippen LogP contribution in [0.5, 0.6) is 5.75 Å². The smallest absolute Gasteiger partial charge is 0.379 e. The van der Waals surface area contributed by atoms with Crippen molar-refractivity contribution in [1.29, 1.82) is 0 Å². The molecule has 29 heavy (non-hydrogen) atoms. The lowest BCUT2D eigenvalue weighted by molar-refractivity contribution is 0.0704. The lowest BCUT2D eigenvalue weighted by Gasteiger charge is -2.07. The summed E-state index contributed by atoms with van der Waals surface area (Å²) in [6.07, 6.45) is 0. The van der Waals surface area contributed by atoms with E-state index in [0.29, 0.717) is 22.6 Å². The van der Waals surface area contributed by atoms with Crippen LogP contribution >= 0.6 is 15.9 Å². The molecule has 0 atom stereocenters. The largest absolute Gasteiger partial charge is 0.449 e. The molecule has 1 amide bonds. The van der Waals surface area contributed by atoms with Gasteiger partial charge < -0.3 is 14.5 Å². The third-order valence-electron chi connectivity index (χ3n) is 4.32. The van der Waals surface area contributed by atoms with Crippen LogP contribution in [0.2, 0.25) is 0 Å². The summed E-state index contributed by atoms with van der Waals surface area (Å²) in [4.78, 5) is 24.7. The molecular weight excluding hydrogens is 434 g/mol. The van der Waals surface area contributed by atoms with Crippen molar-refractivity contribution in [3.63, 3.8) is 0 Å². The standard InChI is InChI=1S/C23H16BrNO4/c1-14-2-7-18(8-3-14)25-22(26)15-4-9-19(10-5-15)28-23(27)21-13-16-12-17(24)6-11-20(16)29-21/h2-13H,1H3,(H,25,26). The summed E-state index contributed by atoms with van der Waals surface area (Å²) >= 11 is 3.38. The number of hydrogen-bond acceptors (Lipinski definition) is 4. The van der Waals surface area contributed by atoms with E-state index in [1.807, 2.05) is 43.3 Å². The van der Waals surface area contributed by atoms with Gasteiger partial charge in [0.2, 0.25) is 5.76 Å². The number of anilines is 1. The molecule has 6 heteroatoms. The molecule has 0 aliphatic carbocycles. The first-order chi connectivity index (χ1) is 14.0. The van der Waals surface area contributed by atoms with Gasteiger partial charge in [-0.2, -0.15) is 0 Å². The first-order valence-electron chi connectivity index (χ1n) is 8.87. The summed E-state index contributed by atoms with van der Waals surface area (Å²) in [5.41, 5.74) is 2.89. The molecule has 5 nitrogen and oxygen atoms in total. The van der Waals surface area contributed by atoms with Crippen molar-refractivity contribution in [3.8, 4) is 5.75 Å². The first kappa shape index (κ1) is 19.0. The minimum atomic E-state index is -0.603. The van der Waals surface area contributed by atoms with Gasteiger partial charge in [-0.1, -0.05) is 33.6 Å². The van der Waals surface area contributed by atoms with Gasteiger partial charge in [0.25, 0.3) is 5.91 Å². The lowest BCUT2D eigenvalue weighted by Crippen LogP contribution is -2.12. The van der Waals surface area contributed by atoms with Crippen molar-refractivity contribution in [2.75, 3.05) is 5.32 Å². The van der Waals surface area contributed by atoms with Crippen LogP contribution in [-0.4, -0.2) is 11.9 Å². The quantitative estimate of drug-likeness (QED) is 0.307. The second-order valence-electron chi connectivity index (χ2n) is 6.53. The third-order valence-corrected chi connectivity index (χ3v) is 4.81. The van der Waals surface area contributed by atoms with E-state index < -0.39 is 5.97 Å². The fourth-order valence-electron chi connectivity index (χ4n) is 2.79. The maximum absolute atomic E-state index is 12.3. The van der Waals surface area contributed by atoms with Crippen molar-refractivity contribution < 1.29 is 18.7 Å². The number of rotatable bonds is 4. The molecule has 4 aromatic rings. The Hall–Kier alpha value is -3.38. The Bertz CT molecular complexity index is 1190. The second-order valence-corrected chi connectivity index (χ2v) is 7.44. The van der Waals surface area contributed by atoms with Crippen molar-refractivity contribution in [2.24, 2.45) is 0 Å². The van der Waals surface area contributed by atoms with Crippen LogP contribution in [0, 0.1) is 6.92 Å². The Labute approximate surface area is 175 Å². The van der Waals surface area contributed by atoms with Crippen molar-refractivity contribution in [1.82, 2.24) is 0 Å². The number of amides is 1. The highest BCUT2D eigenvalue weighted by atomic mass is 79.9. The topological polar surface area (TPSA) is 68.5 Å². The highest BCUT2D eigenvalue weighted by Crippen LogP contribution is 2.24. The number of esters is 1. The molecular formula is C23H16BrNO4. The van der Waals surface area contributed by atoms with Crippen molar-refractivity contribution >= 4 is 44.5 Å². The van der Waals surface area contributed by atoms with Crippen LogP contribution in [0.1, 0.15) is 26.5 Å². The number of carbonyl (C=O) groups excluding carboxylic acids is 2. The Balaban J connectivity index is 1.43. The number of benzene rings is 3. The molecule has 0 bridgehead atoms. The SMILES string of the molecule is Cc1ccc(NC(=O)c2ccc(OC(=O)c3cc4cc(Br)ccc4o3)cc2)cc1. The monoisotopic (exact) mass is 449 g/mol. The molecule has 0 aliphatic rings. The van der Waals surface area contributed by atoms with Crippen LogP contribution in [-0.2, 0) is 0 Å². The molecule has 1 N–H and O–H groups in total. The van der Waals surface area contributed by atoms with E-state index in [1.54, 1.807) is 36.4 Å². The molecule has 3 aromatic carbocycles. The van der Waals surface area contributed by atoms with Crippen LogP contribution in [0.15, 0.2) is 81.7 Å². The predicted molar refractivity (Wildman–Crippen MR) is 114 cm³/mol. The summed E-state index contributed by atoms with van der Waals surface area (Å²) in [7, 11) is 0. The Morgan fingerprint density at radius 1 is 0.931 bits per heavy atom. The number of aryl methyl sites for hydroxylation is 1. The van der Waals surface area contributed by atoms with Crippen LogP contribution in [0.25, 0.3) is 11.0 Å². The summed E-state index contributed by atoms with van der Waals surface area (Å²) in [6.45, 7) is 1.98. The van der Waals surface area contributed by atoms with Gasteiger partial charge in [-0.25, -0.2) is 4.79 Å². The first-order valence-corrected chi connectivity index (χ1v) is 9.66. The van der Waals surface area contributed by atoms with Gasteiger partial charge in [-0.15, -0.1) is 0 Å². The third kappa shape index (κ3) is 4.38. The molecule has 0 saturated carbocycles. The van der Waals surface area contributed by atoms with Gasteiger partial charge in [0, 0.05) is 21.1 Å². The number of nitrogens with one attached hydrogen (secondary N) is 1. The summed E-state index contributed by atoms with van der Waals surface area (Å²) in [5, 5.41) is 3.63. The van der Waals surface area contributed by atoms with Gasteiger partial charge in [0.1, 0.15) is 11.3 Å². The highest BCUT2D eigenvalue weighted by Gasteiger charge is 2.15. The Kier molecular flexibility index (Phi) is 5.18. The number of carbonyl (C=O) groups is 2. The summed E-state index contributed by atoms with van der Waals surface area (Å²) in [6, 6.07) is 21.0. The van der Waals surface area contributed by atoms with Gasteiger partial charge in [-0.05, 0) is 67.6 Å². The molecule has 0 fully saturated rings. The van der Waals surface area contributed by atoms with Gasteiger partial charge in [0.15, 0.2) is 0 Å². The molecule has 1 heterocycles. The van der Waals surface area contributed by atoms with Crippen molar-refractivity contribution in [3.05, 3.63) is 94.2 Å². The molecule has 0 unspecified atom stereocenters. The van der Waals surface area contributed by atoms with Gasteiger partial charge >= 0.3 is 5.97 Å². The average Bonchev–Trinajstić information content (AvgIpc) is 3.13. The molecule has 144 valence electrons. The fourth-order valence-corrected chi connectivity index (χ4v) is 3.17. The van der Waals surface area contributed by atoms with Gasteiger partial charge in [0.05, 0.1) is 0 Å². The second kappa shape index (κ2) is 7.93. The van der Waals surface area contributed by atoms with E-state index in [1.165, 1.54) is 0 Å². The lowest BCUT2D eigenvalue weighted by atomic mass is 10.2. The molecule has 0 radical (unpaired) electrons. The molecule has 1 aromatic heterocycles. The normalized spacial score (nSPS) is 10.7. The molecule has 0 aliphatic heterocycles. The van der Waals surface area contributed by atoms with Crippen LogP contribution in [0.3, 0.4) is 0 Å². The number of furan rings is 1. The number of hydrogen-bond donors (Lipinski definition) is 1. The zero-order valence-electron chi connectivity index (χ0n) is 15.4. The molecule has 4 rings (SSSR count). The minimum Gasteiger partial charge on any atom is -0.449 e. The van der Waals surface area contributed by atoms with E-state index >= 15 is 0 Å². The van der Waals surface area contributed by atoms with E-state index in [-0.39, 0.29) is 11.7 Å². The van der Waals surface area contributed by atoms with E-state index in [2.05, 4.69) is 21.2 Å². The van der Waals surface area contributed by atoms with Crippen molar-refractivity contribution in [2.45, 2.75) is 6.92 Å². The number of fused-ring (bicyclic) bond motifs is 1. The van der Waals surface area contributed by atoms with Crippen LogP contribution in [0.4, 0.5) is 5.69 Å². The average molecular weight is 450 g/mol. The number of ether oxygens (including phenoxy) is 1. The zero-order valence-corrected chi connectivity index (χ0v) is 17.0. The number of halogens is 1. The Morgan fingerprint density at radius 3 is 2.38 bits per heavy atom. The predicted octanol–water partition coefficient (Wildman–Crippen LogP) is 5.98.